The van der Waals surface area contributed by atoms with Crippen molar-refractivity contribution in [2.45, 2.75) is 0 Å². The normalized spacial score (nSPS) is 8.95. The third-order valence-electron chi connectivity index (χ3n) is 2.36. The number of nitrogens with zero attached hydrogens (tertiary/aromatic N) is 3. The van der Waals surface area contributed by atoms with Crippen LogP contribution in [0.15, 0.2) is 80.2 Å². The summed E-state index contributed by atoms with van der Waals surface area (Å²) in [4.78, 5) is 20.0. The molecule has 4 aromatic rings. The number of aromatic amines is 3. The van der Waals surface area contributed by atoms with Crippen LogP contribution in [0.4, 0.5) is 0 Å². The average Bonchev–Trinajstić information content (AvgIpc) is 3.35. The maximum Gasteiger partial charge on any atom is 0.137 e. The van der Waals surface area contributed by atoms with Crippen LogP contribution >= 0.6 is 0 Å². The Labute approximate surface area is 122 Å². The Hall–Kier alpha value is -3.15. The van der Waals surface area contributed by atoms with E-state index in [1.807, 2.05) is 36.5 Å². The lowest BCUT2D eigenvalue weighted by atomic mass is 10.2. The first kappa shape index (κ1) is 14.3. The second kappa shape index (κ2) is 8.87. The van der Waals surface area contributed by atoms with Gasteiger partial charge in [0.05, 0.1) is 12.7 Å². The second-order valence-corrected chi connectivity index (χ2v) is 3.82. The van der Waals surface area contributed by atoms with Gasteiger partial charge in [-0.25, -0.2) is 15.0 Å². The summed E-state index contributed by atoms with van der Waals surface area (Å²) in [5, 5.41) is 0. The van der Waals surface area contributed by atoms with Gasteiger partial charge in [0, 0.05) is 42.7 Å². The average molecular weight is 280 g/mol. The fraction of sp³-hybridized carbons (Fsp3) is 0. The Bertz CT molecular complexity index is 581. The summed E-state index contributed by atoms with van der Waals surface area (Å²) < 4.78 is 0. The van der Waals surface area contributed by atoms with Gasteiger partial charge in [-0.15, -0.1) is 0 Å². The molecule has 0 aliphatic carbocycles. The summed E-state index contributed by atoms with van der Waals surface area (Å²) in [6.07, 6.45) is 13.7. The standard InChI is InChI=1S/C9H8N2.2C3H4N2/c1-2-4-8(5-3-1)9-10-6-7-11-9;2*1-2-5-3-4-1/h1-7H,(H,10,11);2*1-3H,(H,4,5). The fourth-order valence-electron chi connectivity index (χ4n) is 1.45. The third-order valence-corrected chi connectivity index (χ3v) is 2.36. The smallest absolute Gasteiger partial charge is 0.137 e. The predicted molar refractivity (Wildman–Crippen MR) is 81.2 cm³/mol. The van der Waals surface area contributed by atoms with Crippen molar-refractivity contribution >= 4 is 0 Å². The number of imidazole rings is 3. The lowest BCUT2D eigenvalue weighted by Crippen LogP contribution is -1.77. The molecule has 21 heavy (non-hydrogen) atoms. The molecule has 0 atom stereocenters. The minimum absolute atomic E-state index is 0.922. The number of hydrogen-bond donors (Lipinski definition) is 3. The quantitative estimate of drug-likeness (QED) is 0.501. The highest BCUT2D eigenvalue weighted by Crippen LogP contribution is 2.11. The number of hydrogen-bond acceptors (Lipinski definition) is 3. The van der Waals surface area contributed by atoms with Gasteiger partial charge < -0.3 is 15.0 Å². The first-order chi connectivity index (χ1) is 10.5. The van der Waals surface area contributed by atoms with E-state index in [0.29, 0.717) is 0 Å². The molecule has 106 valence electrons. The molecule has 0 aliphatic rings. The molecule has 3 heterocycles. The van der Waals surface area contributed by atoms with Crippen LogP contribution in [0.25, 0.3) is 11.4 Å². The molecule has 6 nitrogen and oxygen atoms in total. The molecule has 0 amide bonds. The lowest BCUT2D eigenvalue weighted by Gasteiger charge is -1.92. The van der Waals surface area contributed by atoms with E-state index in [4.69, 9.17) is 0 Å². The number of H-pyrrole nitrogens is 3. The maximum atomic E-state index is 4.13. The molecular formula is C15H16N6. The van der Waals surface area contributed by atoms with Crippen LogP contribution in [0.3, 0.4) is 0 Å². The van der Waals surface area contributed by atoms with Crippen molar-refractivity contribution in [2.75, 3.05) is 0 Å². The molecule has 0 fully saturated rings. The summed E-state index contributed by atoms with van der Waals surface area (Å²) in [6.45, 7) is 0. The van der Waals surface area contributed by atoms with Crippen LogP contribution in [-0.2, 0) is 0 Å². The number of benzene rings is 1. The zero-order chi connectivity index (χ0) is 14.6. The molecular weight excluding hydrogens is 264 g/mol. The van der Waals surface area contributed by atoms with Gasteiger partial charge in [-0.2, -0.15) is 0 Å². The van der Waals surface area contributed by atoms with E-state index in [1.54, 1.807) is 43.6 Å². The van der Waals surface area contributed by atoms with E-state index >= 15 is 0 Å². The molecule has 0 bridgehead atoms. The van der Waals surface area contributed by atoms with Gasteiger partial charge in [-0.3, -0.25) is 0 Å². The van der Waals surface area contributed by atoms with Gasteiger partial charge in [-0.05, 0) is 0 Å². The van der Waals surface area contributed by atoms with Crippen LogP contribution in [-0.4, -0.2) is 29.9 Å². The van der Waals surface area contributed by atoms with Gasteiger partial charge in [0.15, 0.2) is 0 Å². The Morgan fingerprint density at radius 1 is 0.714 bits per heavy atom. The molecule has 6 heteroatoms. The van der Waals surface area contributed by atoms with E-state index < -0.39 is 0 Å². The van der Waals surface area contributed by atoms with Crippen molar-refractivity contribution in [3.63, 3.8) is 0 Å². The van der Waals surface area contributed by atoms with Crippen LogP contribution < -0.4 is 0 Å². The Kier molecular flexibility index (Phi) is 6.02. The summed E-state index contributed by atoms with van der Waals surface area (Å²) >= 11 is 0. The predicted octanol–water partition coefficient (Wildman–Crippen LogP) is 2.90. The van der Waals surface area contributed by atoms with Gasteiger partial charge in [0.2, 0.25) is 0 Å². The minimum atomic E-state index is 0.922. The maximum absolute atomic E-state index is 4.13. The molecule has 1 aromatic carbocycles. The van der Waals surface area contributed by atoms with Crippen LogP contribution in [0.1, 0.15) is 0 Å². The van der Waals surface area contributed by atoms with E-state index in [9.17, 15) is 0 Å². The zero-order valence-electron chi connectivity index (χ0n) is 11.3. The van der Waals surface area contributed by atoms with Gasteiger partial charge in [0.25, 0.3) is 0 Å². The van der Waals surface area contributed by atoms with Crippen molar-refractivity contribution in [1.29, 1.82) is 0 Å². The van der Waals surface area contributed by atoms with Crippen molar-refractivity contribution < 1.29 is 0 Å². The van der Waals surface area contributed by atoms with Crippen molar-refractivity contribution in [3.05, 3.63) is 80.2 Å². The van der Waals surface area contributed by atoms with Crippen LogP contribution in [0, 0.1) is 0 Å². The summed E-state index contributed by atoms with van der Waals surface area (Å²) in [5.41, 5.74) is 1.12. The molecule has 0 radical (unpaired) electrons. The Balaban J connectivity index is 0.000000134. The number of rotatable bonds is 1. The highest BCUT2D eigenvalue weighted by molar-refractivity contribution is 5.53. The first-order valence-electron chi connectivity index (χ1n) is 6.37. The minimum Gasteiger partial charge on any atom is -0.351 e. The largest absolute Gasteiger partial charge is 0.351 e. The topological polar surface area (TPSA) is 86.0 Å². The van der Waals surface area contributed by atoms with Gasteiger partial charge >= 0.3 is 0 Å². The summed E-state index contributed by atoms with van der Waals surface area (Å²) in [6, 6.07) is 10.0. The SMILES string of the molecule is c1c[nH]cn1.c1c[nH]cn1.c1ccc(-c2ncc[nH]2)cc1. The third kappa shape index (κ3) is 5.56. The first-order valence-corrected chi connectivity index (χ1v) is 6.37. The highest BCUT2D eigenvalue weighted by atomic mass is 14.9. The van der Waals surface area contributed by atoms with E-state index in [0.717, 1.165) is 11.4 Å². The Morgan fingerprint density at radius 2 is 1.38 bits per heavy atom. The molecule has 0 aliphatic heterocycles. The molecule has 4 rings (SSSR count). The lowest BCUT2D eigenvalue weighted by molar-refractivity contribution is 1.31. The molecule has 0 spiro atoms. The van der Waals surface area contributed by atoms with Crippen LogP contribution in [0.2, 0.25) is 0 Å². The van der Waals surface area contributed by atoms with E-state index in [2.05, 4.69) is 29.9 Å². The van der Waals surface area contributed by atoms with Gasteiger partial charge in [-0.1, -0.05) is 30.3 Å². The van der Waals surface area contributed by atoms with Crippen LogP contribution in [0.5, 0.6) is 0 Å². The monoisotopic (exact) mass is 280 g/mol. The molecule has 3 N–H and O–H groups in total. The highest BCUT2D eigenvalue weighted by Gasteiger charge is 1.94. The second-order valence-electron chi connectivity index (χ2n) is 3.82. The Morgan fingerprint density at radius 3 is 1.76 bits per heavy atom. The van der Waals surface area contributed by atoms with E-state index in [-0.39, 0.29) is 0 Å². The molecule has 0 saturated heterocycles. The number of aromatic nitrogens is 6. The molecule has 0 unspecified atom stereocenters. The van der Waals surface area contributed by atoms with Crippen molar-refractivity contribution in [3.8, 4) is 11.4 Å². The fourth-order valence-corrected chi connectivity index (χ4v) is 1.45. The molecule has 3 aromatic heterocycles. The summed E-state index contributed by atoms with van der Waals surface area (Å²) in [5.74, 6) is 0.922. The van der Waals surface area contributed by atoms with Gasteiger partial charge in [0.1, 0.15) is 5.82 Å². The molecule has 0 saturated carbocycles. The summed E-state index contributed by atoms with van der Waals surface area (Å²) in [7, 11) is 0. The van der Waals surface area contributed by atoms with Crippen molar-refractivity contribution in [2.24, 2.45) is 0 Å². The van der Waals surface area contributed by atoms with Crippen molar-refractivity contribution in [1.82, 2.24) is 29.9 Å². The number of nitrogens with one attached hydrogen (secondary N) is 3. The van der Waals surface area contributed by atoms with E-state index in [1.165, 1.54) is 0 Å². The zero-order valence-corrected chi connectivity index (χ0v) is 11.3.